The molecule has 1 aromatic carbocycles. The molecule has 2 aromatic heterocycles. The standard InChI is InChI=1S/C22H20ClF2N7O5/c1-10(2)19(33)36-17-15(24)16(13-6-7-14-18(26)28-21(25)29-32(13)14)37-22(17,30-31-27)9-35-20(34)11-4-3-5-12(23)8-11/h3-8,10,15-17H,9H2,1-2H3,(H2,26,28,29)/t15-,16-,17-,22+/m0/s1. The number of hydrogen-bond acceptors (Lipinski definition) is 9. The van der Waals surface area contributed by atoms with E-state index >= 15 is 4.39 Å². The maximum atomic E-state index is 16.0. The number of nitrogens with zero attached hydrogens (tertiary/aromatic N) is 6. The smallest absolute Gasteiger partial charge is 0.338 e. The van der Waals surface area contributed by atoms with Gasteiger partial charge < -0.3 is 19.9 Å². The maximum Gasteiger partial charge on any atom is 0.338 e. The fourth-order valence-corrected chi connectivity index (χ4v) is 3.99. The number of alkyl halides is 1. The molecule has 3 aromatic rings. The Bertz CT molecular complexity index is 1410. The van der Waals surface area contributed by atoms with Crippen molar-refractivity contribution in [2.24, 2.45) is 11.0 Å². The van der Waals surface area contributed by atoms with Crippen LogP contribution in [-0.2, 0) is 19.0 Å². The molecule has 3 heterocycles. The van der Waals surface area contributed by atoms with Crippen molar-refractivity contribution in [1.29, 1.82) is 0 Å². The van der Waals surface area contributed by atoms with Gasteiger partial charge >= 0.3 is 18.0 Å². The van der Waals surface area contributed by atoms with Crippen molar-refractivity contribution >= 4 is 34.9 Å². The number of rotatable bonds is 7. The molecule has 1 fully saturated rings. The summed E-state index contributed by atoms with van der Waals surface area (Å²) in [5, 5.41) is 7.43. The van der Waals surface area contributed by atoms with Crippen molar-refractivity contribution in [3.8, 4) is 0 Å². The molecule has 0 amide bonds. The van der Waals surface area contributed by atoms with Gasteiger partial charge in [-0.2, -0.15) is 9.37 Å². The summed E-state index contributed by atoms with van der Waals surface area (Å²) >= 11 is 5.91. The van der Waals surface area contributed by atoms with Crippen LogP contribution in [0.1, 0.15) is 36.0 Å². The predicted molar refractivity (Wildman–Crippen MR) is 124 cm³/mol. The summed E-state index contributed by atoms with van der Waals surface area (Å²) < 4.78 is 47.3. The van der Waals surface area contributed by atoms with Crippen LogP contribution in [0.2, 0.25) is 5.02 Å². The molecule has 1 aliphatic rings. The van der Waals surface area contributed by atoms with Crippen molar-refractivity contribution < 1.29 is 32.6 Å². The normalized spacial score (nSPS) is 23.1. The fourth-order valence-electron chi connectivity index (χ4n) is 3.80. The van der Waals surface area contributed by atoms with Crippen LogP contribution in [0.4, 0.5) is 14.6 Å². The summed E-state index contributed by atoms with van der Waals surface area (Å²) in [7, 11) is 0. The first-order valence-electron chi connectivity index (χ1n) is 10.9. The number of azide groups is 1. The van der Waals surface area contributed by atoms with Gasteiger partial charge in [0.15, 0.2) is 18.1 Å². The number of aromatic nitrogens is 3. The maximum absolute atomic E-state index is 16.0. The molecule has 4 rings (SSSR count). The Kier molecular flexibility index (Phi) is 7.16. The van der Waals surface area contributed by atoms with Crippen LogP contribution in [0.15, 0.2) is 41.5 Å². The third kappa shape index (κ3) is 4.99. The van der Waals surface area contributed by atoms with Crippen LogP contribution < -0.4 is 5.73 Å². The number of nitrogens with two attached hydrogens (primary N) is 1. The molecule has 0 aliphatic carbocycles. The van der Waals surface area contributed by atoms with Crippen LogP contribution in [0.25, 0.3) is 16.0 Å². The zero-order chi connectivity index (χ0) is 26.9. The van der Waals surface area contributed by atoms with E-state index in [2.05, 4.69) is 20.1 Å². The number of carbonyl (C=O) groups excluding carboxylic acids is 2. The van der Waals surface area contributed by atoms with Gasteiger partial charge in [-0.3, -0.25) is 4.79 Å². The Labute approximate surface area is 212 Å². The molecule has 0 spiro atoms. The third-order valence-corrected chi connectivity index (χ3v) is 5.82. The summed E-state index contributed by atoms with van der Waals surface area (Å²) in [5.41, 5.74) is 12.9. The molecular weight excluding hydrogens is 516 g/mol. The highest BCUT2D eigenvalue weighted by atomic mass is 35.5. The number of fused-ring (bicyclic) bond motifs is 1. The average Bonchev–Trinajstić information content (AvgIpc) is 3.37. The number of esters is 2. The number of nitrogen functional groups attached to an aromatic ring is 1. The minimum Gasteiger partial charge on any atom is -0.459 e. The lowest BCUT2D eigenvalue weighted by Crippen LogP contribution is -2.47. The van der Waals surface area contributed by atoms with Crippen molar-refractivity contribution in [3.05, 3.63) is 69.2 Å². The minimum atomic E-state index is -2.32. The zero-order valence-electron chi connectivity index (χ0n) is 19.4. The lowest BCUT2D eigenvalue weighted by Gasteiger charge is -2.29. The number of hydrogen-bond donors (Lipinski definition) is 1. The Hall–Kier alpha value is -4.00. The van der Waals surface area contributed by atoms with Crippen LogP contribution in [0.5, 0.6) is 0 Å². The van der Waals surface area contributed by atoms with Crippen LogP contribution in [0, 0.1) is 12.0 Å². The molecule has 2 N–H and O–H groups in total. The van der Waals surface area contributed by atoms with E-state index in [1.54, 1.807) is 6.07 Å². The predicted octanol–water partition coefficient (Wildman–Crippen LogP) is 3.94. The summed E-state index contributed by atoms with van der Waals surface area (Å²) in [6.45, 7) is 2.20. The van der Waals surface area contributed by atoms with Crippen LogP contribution >= 0.6 is 11.6 Å². The highest BCUT2D eigenvalue weighted by molar-refractivity contribution is 6.30. The highest BCUT2D eigenvalue weighted by Crippen LogP contribution is 2.45. The van der Waals surface area contributed by atoms with E-state index in [4.69, 9.17) is 31.5 Å². The Morgan fingerprint density at radius 2 is 2.14 bits per heavy atom. The quantitative estimate of drug-likeness (QED) is 0.205. The van der Waals surface area contributed by atoms with Crippen molar-refractivity contribution in [2.45, 2.75) is 38.0 Å². The first-order valence-corrected chi connectivity index (χ1v) is 11.3. The average molecular weight is 536 g/mol. The van der Waals surface area contributed by atoms with Gasteiger partial charge in [-0.15, -0.1) is 5.10 Å². The second kappa shape index (κ2) is 10.2. The molecule has 12 nitrogen and oxygen atoms in total. The topological polar surface area (TPSA) is 167 Å². The largest absolute Gasteiger partial charge is 0.459 e. The lowest BCUT2D eigenvalue weighted by molar-refractivity contribution is -0.169. The lowest BCUT2D eigenvalue weighted by atomic mass is 10.0. The Morgan fingerprint density at radius 1 is 1.38 bits per heavy atom. The fraction of sp³-hybridized carbons (Fsp3) is 0.364. The van der Waals surface area contributed by atoms with Gasteiger partial charge in [-0.25, -0.2) is 13.7 Å². The first kappa shape index (κ1) is 26.1. The van der Waals surface area contributed by atoms with Gasteiger partial charge in [0.2, 0.25) is 5.72 Å². The molecule has 37 heavy (non-hydrogen) atoms. The van der Waals surface area contributed by atoms with Gasteiger partial charge in [0.1, 0.15) is 18.2 Å². The molecule has 15 heteroatoms. The SMILES string of the molecule is CC(C)C(=O)O[C@H]1[C@@H](F)[C@H](c2ccc3c(N)nc(F)nn23)O[C@@]1(COC(=O)c1cccc(Cl)c1)N=[N+]=[N-]. The minimum absolute atomic E-state index is 0.0442. The van der Waals surface area contributed by atoms with E-state index in [0.29, 0.717) is 0 Å². The Morgan fingerprint density at radius 3 is 2.81 bits per heavy atom. The number of anilines is 1. The second-order valence-electron chi connectivity index (χ2n) is 8.44. The van der Waals surface area contributed by atoms with Gasteiger partial charge in [0.25, 0.3) is 0 Å². The summed E-state index contributed by atoms with van der Waals surface area (Å²) in [5.74, 6) is -2.61. The number of halogens is 3. The monoisotopic (exact) mass is 535 g/mol. The molecule has 194 valence electrons. The van der Waals surface area contributed by atoms with E-state index in [1.807, 2.05) is 0 Å². The molecule has 0 saturated carbocycles. The molecule has 0 radical (unpaired) electrons. The van der Waals surface area contributed by atoms with E-state index < -0.39 is 54.6 Å². The zero-order valence-corrected chi connectivity index (χ0v) is 20.2. The van der Waals surface area contributed by atoms with Gasteiger partial charge in [0, 0.05) is 9.93 Å². The number of carbonyl (C=O) groups is 2. The van der Waals surface area contributed by atoms with Crippen LogP contribution in [0.3, 0.4) is 0 Å². The van der Waals surface area contributed by atoms with Crippen molar-refractivity contribution in [3.63, 3.8) is 0 Å². The summed E-state index contributed by atoms with van der Waals surface area (Å²) in [4.78, 5) is 31.2. The molecule has 0 unspecified atom stereocenters. The first-order chi connectivity index (χ1) is 17.6. The summed E-state index contributed by atoms with van der Waals surface area (Å²) in [6.07, 6.45) is -6.78. The Balaban J connectivity index is 1.74. The van der Waals surface area contributed by atoms with E-state index in [-0.39, 0.29) is 27.6 Å². The van der Waals surface area contributed by atoms with E-state index in [1.165, 1.54) is 44.2 Å². The molecular formula is C22H20ClF2N7O5. The molecule has 4 atom stereocenters. The van der Waals surface area contributed by atoms with Gasteiger partial charge in [-0.1, -0.05) is 36.6 Å². The molecule has 1 saturated heterocycles. The molecule has 0 bridgehead atoms. The second-order valence-corrected chi connectivity index (χ2v) is 8.87. The summed E-state index contributed by atoms with van der Waals surface area (Å²) in [6, 6.07) is 8.57. The highest BCUT2D eigenvalue weighted by Gasteiger charge is 2.60. The van der Waals surface area contributed by atoms with Crippen molar-refractivity contribution in [2.75, 3.05) is 12.3 Å². The van der Waals surface area contributed by atoms with E-state index in [0.717, 1.165) is 4.52 Å². The third-order valence-electron chi connectivity index (χ3n) is 5.59. The van der Waals surface area contributed by atoms with Crippen molar-refractivity contribution in [1.82, 2.24) is 14.6 Å². The number of ether oxygens (including phenoxy) is 3. The molecule has 1 aliphatic heterocycles. The van der Waals surface area contributed by atoms with Gasteiger partial charge in [0.05, 0.1) is 17.2 Å². The van der Waals surface area contributed by atoms with Gasteiger partial charge in [-0.05, 0) is 35.9 Å². The number of benzene rings is 1. The van der Waals surface area contributed by atoms with Crippen LogP contribution in [-0.4, -0.2) is 51.1 Å². The van der Waals surface area contributed by atoms with E-state index in [9.17, 15) is 19.5 Å².